The standard InChI is InChI=1S/C18H26N2O3S/c1-13-6-3-4-8-16(13)19-18(21)15-9-10-17-14(12-15)7-5-11-20(17)24(2,22)23/h9-10,12-13,16H,3-8,11H2,1-2H3,(H,19,21). The van der Waals surface area contributed by atoms with E-state index in [2.05, 4.69) is 12.2 Å². The van der Waals surface area contributed by atoms with Crippen molar-refractivity contribution >= 4 is 21.6 Å². The van der Waals surface area contributed by atoms with E-state index < -0.39 is 10.0 Å². The maximum Gasteiger partial charge on any atom is 0.251 e. The first-order valence-electron chi connectivity index (χ1n) is 8.78. The number of benzene rings is 1. The Morgan fingerprint density at radius 1 is 1.21 bits per heavy atom. The Hall–Kier alpha value is -1.56. The number of sulfonamides is 1. The SMILES string of the molecule is CC1CCCCC1NC(=O)c1ccc2c(c1)CCCN2S(C)(=O)=O. The van der Waals surface area contributed by atoms with Crippen LogP contribution < -0.4 is 9.62 Å². The second-order valence-electron chi connectivity index (χ2n) is 7.12. The Balaban J connectivity index is 1.79. The van der Waals surface area contributed by atoms with Crippen molar-refractivity contribution in [3.8, 4) is 0 Å². The van der Waals surface area contributed by atoms with Gasteiger partial charge in [-0.1, -0.05) is 19.8 Å². The highest BCUT2D eigenvalue weighted by atomic mass is 32.2. The van der Waals surface area contributed by atoms with Crippen LogP contribution in [-0.4, -0.2) is 33.2 Å². The number of amides is 1. The molecule has 1 aliphatic carbocycles. The van der Waals surface area contributed by atoms with E-state index in [0.29, 0.717) is 23.7 Å². The van der Waals surface area contributed by atoms with Gasteiger partial charge in [-0.2, -0.15) is 0 Å². The topological polar surface area (TPSA) is 66.5 Å². The lowest BCUT2D eigenvalue weighted by atomic mass is 9.86. The number of carbonyl (C=O) groups excluding carboxylic acids is 1. The number of carbonyl (C=O) groups is 1. The summed E-state index contributed by atoms with van der Waals surface area (Å²) in [4.78, 5) is 12.6. The van der Waals surface area contributed by atoms with Crippen molar-refractivity contribution < 1.29 is 13.2 Å². The van der Waals surface area contributed by atoms with Gasteiger partial charge >= 0.3 is 0 Å². The van der Waals surface area contributed by atoms with Gasteiger partial charge in [-0.3, -0.25) is 9.10 Å². The molecule has 5 nitrogen and oxygen atoms in total. The van der Waals surface area contributed by atoms with Gasteiger partial charge in [0.25, 0.3) is 5.91 Å². The van der Waals surface area contributed by atoms with E-state index in [4.69, 9.17) is 0 Å². The maximum absolute atomic E-state index is 12.6. The van der Waals surface area contributed by atoms with Crippen molar-refractivity contribution in [2.75, 3.05) is 17.1 Å². The molecule has 2 atom stereocenters. The van der Waals surface area contributed by atoms with E-state index in [1.165, 1.54) is 29.8 Å². The molecule has 0 bridgehead atoms. The van der Waals surface area contributed by atoms with Gasteiger partial charge < -0.3 is 5.32 Å². The second-order valence-corrected chi connectivity index (χ2v) is 9.03. The highest BCUT2D eigenvalue weighted by Crippen LogP contribution is 2.30. The van der Waals surface area contributed by atoms with E-state index in [-0.39, 0.29) is 11.9 Å². The lowest BCUT2D eigenvalue weighted by Gasteiger charge is -2.31. The summed E-state index contributed by atoms with van der Waals surface area (Å²) in [6.07, 6.45) is 7.44. The van der Waals surface area contributed by atoms with Crippen LogP contribution in [0, 0.1) is 5.92 Å². The van der Waals surface area contributed by atoms with Crippen molar-refractivity contribution in [3.63, 3.8) is 0 Å². The van der Waals surface area contributed by atoms with Crippen LogP contribution in [0.2, 0.25) is 0 Å². The Morgan fingerprint density at radius 2 is 1.96 bits per heavy atom. The van der Waals surface area contributed by atoms with Crippen LogP contribution >= 0.6 is 0 Å². The van der Waals surface area contributed by atoms with Gasteiger partial charge in [0.1, 0.15) is 0 Å². The number of aryl methyl sites for hydroxylation is 1. The first kappa shape index (κ1) is 17.3. The van der Waals surface area contributed by atoms with E-state index in [1.54, 1.807) is 12.1 Å². The van der Waals surface area contributed by atoms with Gasteiger partial charge in [-0.15, -0.1) is 0 Å². The number of hydrogen-bond donors (Lipinski definition) is 1. The highest BCUT2D eigenvalue weighted by Gasteiger charge is 2.26. The number of nitrogens with zero attached hydrogens (tertiary/aromatic N) is 1. The number of anilines is 1. The molecule has 132 valence electrons. The normalized spacial score (nSPS) is 24.3. The molecular weight excluding hydrogens is 324 g/mol. The lowest BCUT2D eigenvalue weighted by Crippen LogP contribution is -2.41. The molecule has 6 heteroatoms. The fourth-order valence-corrected chi connectivity index (χ4v) is 4.83. The summed E-state index contributed by atoms with van der Waals surface area (Å²) in [6.45, 7) is 2.71. The molecule has 1 heterocycles. The van der Waals surface area contributed by atoms with Crippen LogP contribution in [0.25, 0.3) is 0 Å². The molecule has 1 aromatic rings. The Bertz CT molecular complexity index is 730. The van der Waals surface area contributed by atoms with Crippen molar-refractivity contribution in [1.82, 2.24) is 5.32 Å². The third-order valence-electron chi connectivity index (χ3n) is 5.25. The van der Waals surface area contributed by atoms with Crippen LogP contribution in [-0.2, 0) is 16.4 Å². The molecule has 1 aromatic carbocycles. The average Bonchev–Trinajstić information content (AvgIpc) is 2.55. The molecule has 0 saturated heterocycles. The van der Waals surface area contributed by atoms with Gasteiger partial charge in [0, 0.05) is 18.2 Å². The number of rotatable bonds is 3. The summed E-state index contributed by atoms with van der Waals surface area (Å²) in [5.74, 6) is 0.467. The molecular formula is C18H26N2O3S. The molecule has 1 aliphatic heterocycles. The molecule has 0 radical (unpaired) electrons. The minimum absolute atomic E-state index is 0.0481. The van der Waals surface area contributed by atoms with Gasteiger partial charge in [-0.25, -0.2) is 8.42 Å². The van der Waals surface area contributed by atoms with Crippen LogP contribution in [0.5, 0.6) is 0 Å². The van der Waals surface area contributed by atoms with E-state index in [0.717, 1.165) is 24.8 Å². The van der Waals surface area contributed by atoms with E-state index >= 15 is 0 Å². The molecule has 1 N–H and O–H groups in total. The van der Waals surface area contributed by atoms with Crippen LogP contribution in [0.3, 0.4) is 0 Å². The molecule has 3 rings (SSSR count). The minimum atomic E-state index is -3.27. The summed E-state index contributed by atoms with van der Waals surface area (Å²) in [5.41, 5.74) is 2.28. The maximum atomic E-state index is 12.6. The highest BCUT2D eigenvalue weighted by molar-refractivity contribution is 7.92. The lowest BCUT2D eigenvalue weighted by molar-refractivity contribution is 0.0910. The largest absolute Gasteiger partial charge is 0.349 e. The first-order valence-corrected chi connectivity index (χ1v) is 10.6. The zero-order valence-electron chi connectivity index (χ0n) is 14.4. The predicted octanol–water partition coefficient (Wildman–Crippen LogP) is 2.71. The monoisotopic (exact) mass is 350 g/mol. The molecule has 2 aliphatic rings. The fourth-order valence-electron chi connectivity index (χ4n) is 3.83. The Kier molecular flexibility index (Phi) is 4.85. The number of nitrogens with one attached hydrogen (secondary N) is 1. The third-order valence-corrected chi connectivity index (χ3v) is 6.43. The summed E-state index contributed by atoms with van der Waals surface area (Å²) in [5, 5.41) is 3.16. The first-order chi connectivity index (χ1) is 11.4. The van der Waals surface area contributed by atoms with Crippen molar-refractivity contribution in [1.29, 1.82) is 0 Å². The van der Waals surface area contributed by atoms with Gasteiger partial charge in [0.05, 0.1) is 11.9 Å². The summed E-state index contributed by atoms with van der Waals surface area (Å²) in [6, 6.07) is 5.62. The third kappa shape index (κ3) is 3.58. The van der Waals surface area contributed by atoms with E-state index in [1.807, 2.05) is 6.07 Å². The molecule has 2 unspecified atom stereocenters. The second kappa shape index (κ2) is 6.75. The Morgan fingerprint density at radius 3 is 2.67 bits per heavy atom. The molecule has 1 saturated carbocycles. The molecule has 24 heavy (non-hydrogen) atoms. The summed E-state index contributed by atoms with van der Waals surface area (Å²) < 4.78 is 25.3. The summed E-state index contributed by atoms with van der Waals surface area (Å²) >= 11 is 0. The van der Waals surface area contributed by atoms with Gasteiger partial charge in [-0.05, 0) is 55.4 Å². The molecule has 1 fully saturated rings. The van der Waals surface area contributed by atoms with Crippen LogP contribution in [0.15, 0.2) is 18.2 Å². The quantitative estimate of drug-likeness (QED) is 0.911. The smallest absolute Gasteiger partial charge is 0.251 e. The zero-order chi connectivity index (χ0) is 17.3. The number of hydrogen-bond acceptors (Lipinski definition) is 3. The van der Waals surface area contributed by atoms with Crippen molar-refractivity contribution in [3.05, 3.63) is 29.3 Å². The van der Waals surface area contributed by atoms with Gasteiger partial charge in [0.2, 0.25) is 10.0 Å². The number of fused-ring (bicyclic) bond motifs is 1. The van der Waals surface area contributed by atoms with Crippen LogP contribution in [0.4, 0.5) is 5.69 Å². The minimum Gasteiger partial charge on any atom is -0.349 e. The van der Waals surface area contributed by atoms with Crippen molar-refractivity contribution in [2.24, 2.45) is 5.92 Å². The molecule has 0 spiro atoms. The summed E-state index contributed by atoms with van der Waals surface area (Å²) in [7, 11) is -3.27. The molecule has 0 aromatic heterocycles. The van der Waals surface area contributed by atoms with E-state index in [9.17, 15) is 13.2 Å². The van der Waals surface area contributed by atoms with Gasteiger partial charge in [0.15, 0.2) is 0 Å². The predicted molar refractivity (Wildman–Crippen MR) is 95.8 cm³/mol. The molecule has 1 amide bonds. The zero-order valence-corrected chi connectivity index (χ0v) is 15.2. The van der Waals surface area contributed by atoms with Crippen molar-refractivity contribution in [2.45, 2.75) is 51.5 Å². The fraction of sp³-hybridized carbons (Fsp3) is 0.611. The van der Waals surface area contributed by atoms with Crippen LogP contribution in [0.1, 0.15) is 54.9 Å². The Labute approximate surface area is 144 Å². The average molecular weight is 350 g/mol.